The number of amides is 1. The van der Waals surface area contributed by atoms with Gasteiger partial charge in [-0.2, -0.15) is 13.2 Å². The first-order valence-electron chi connectivity index (χ1n) is 6.01. The van der Waals surface area contributed by atoms with Crippen molar-refractivity contribution in [1.29, 1.82) is 0 Å². The summed E-state index contributed by atoms with van der Waals surface area (Å²) >= 11 is 0. The Balaban J connectivity index is 1.72. The van der Waals surface area contributed by atoms with E-state index in [1.54, 1.807) is 0 Å². The molecule has 0 aromatic heterocycles. The molecule has 2 unspecified atom stereocenters. The molecule has 2 heterocycles. The van der Waals surface area contributed by atoms with Crippen LogP contribution in [-0.4, -0.2) is 43.2 Å². The third-order valence-electron chi connectivity index (χ3n) is 4.38. The molecule has 2 aliphatic heterocycles. The molecule has 1 saturated carbocycles. The maximum Gasteiger partial charge on any atom is 0.403 e. The maximum absolute atomic E-state index is 12.8. The standard InChI is InChI=1S/C11H15F3N2O/c12-11(13,14)10(1-2-10)9(17)16-5-7-3-15-4-8(7)6-16/h7-8,15H,1-6H2. The lowest BCUT2D eigenvalue weighted by atomic mass is 10.0. The fourth-order valence-corrected chi connectivity index (χ4v) is 3.07. The monoisotopic (exact) mass is 248 g/mol. The van der Waals surface area contributed by atoms with Crippen LogP contribution < -0.4 is 5.32 Å². The molecule has 17 heavy (non-hydrogen) atoms. The molecule has 1 amide bonds. The molecule has 0 aromatic carbocycles. The third-order valence-corrected chi connectivity index (χ3v) is 4.38. The minimum absolute atomic E-state index is 0.0284. The number of hydrogen-bond donors (Lipinski definition) is 1. The molecule has 96 valence electrons. The number of carbonyl (C=O) groups excluding carboxylic acids is 1. The fourth-order valence-electron chi connectivity index (χ4n) is 3.07. The van der Waals surface area contributed by atoms with E-state index >= 15 is 0 Å². The number of rotatable bonds is 1. The van der Waals surface area contributed by atoms with Crippen molar-refractivity contribution in [3.63, 3.8) is 0 Å². The molecule has 3 nitrogen and oxygen atoms in total. The zero-order valence-corrected chi connectivity index (χ0v) is 9.39. The van der Waals surface area contributed by atoms with Crippen molar-refractivity contribution in [3.05, 3.63) is 0 Å². The Morgan fingerprint density at radius 1 is 1.18 bits per heavy atom. The van der Waals surface area contributed by atoms with E-state index in [0.717, 1.165) is 13.1 Å². The predicted octanol–water partition coefficient (Wildman–Crippen LogP) is 1.01. The van der Waals surface area contributed by atoms with E-state index in [4.69, 9.17) is 0 Å². The van der Waals surface area contributed by atoms with Gasteiger partial charge < -0.3 is 10.2 Å². The average Bonchev–Trinajstić information content (AvgIpc) is 2.78. The van der Waals surface area contributed by atoms with E-state index in [1.807, 2.05) is 0 Å². The van der Waals surface area contributed by atoms with E-state index in [9.17, 15) is 18.0 Å². The molecule has 3 aliphatic rings. The Hall–Kier alpha value is -0.780. The zero-order valence-electron chi connectivity index (χ0n) is 9.39. The van der Waals surface area contributed by atoms with Gasteiger partial charge in [-0.3, -0.25) is 4.79 Å². The van der Waals surface area contributed by atoms with Crippen LogP contribution in [0, 0.1) is 17.3 Å². The largest absolute Gasteiger partial charge is 0.403 e. The highest BCUT2D eigenvalue weighted by Crippen LogP contribution is 2.59. The average molecular weight is 248 g/mol. The lowest BCUT2D eigenvalue weighted by Gasteiger charge is -2.25. The van der Waals surface area contributed by atoms with Crippen molar-refractivity contribution in [3.8, 4) is 0 Å². The second kappa shape index (κ2) is 3.37. The van der Waals surface area contributed by atoms with E-state index in [1.165, 1.54) is 4.90 Å². The van der Waals surface area contributed by atoms with Gasteiger partial charge in [-0.15, -0.1) is 0 Å². The van der Waals surface area contributed by atoms with Crippen LogP contribution in [0.15, 0.2) is 0 Å². The van der Waals surface area contributed by atoms with E-state index in [-0.39, 0.29) is 12.8 Å². The highest BCUT2D eigenvalue weighted by atomic mass is 19.4. The van der Waals surface area contributed by atoms with Crippen molar-refractivity contribution in [2.45, 2.75) is 19.0 Å². The molecule has 3 rings (SSSR count). The van der Waals surface area contributed by atoms with Gasteiger partial charge in [0.2, 0.25) is 5.91 Å². The van der Waals surface area contributed by atoms with Gasteiger partial charge in [0, 0.05) is 26.2 Å². The first-order chi connectivity index (χ1) is 7.94. The lowest BCUT2D eigenvalue weighted by Crippen LogP contribution is -2.44. The molecule has 0 radical (unpaired) electrons. The Kier molecular flexibility index (Phi) is 2.24. The number of nitrogens with zero attached hydrogens (tertiary/aromatic N) is 1. The molecule has 6 heteroatoms. The molecule has 0 bridgehead atoms. The number of nitrogens with one attached hydrogen (secondary N) is 1. The van der Waals surface area contributed by atoms with Gasteiger partial charge in [-0.1, -0.05) is 0 Å². The van der Waals surface area contributed by atoms with Crippen LogP contribution >= 0.6 is 0 Å². The van der Waals surface area contributed by atoms with Crippen molar-refractivity contribution in [2.75, 3.05) is 26.2 Å². The Bertz CT molecular complexity index is 339. The Labute approximate surface area is 97.3 Å². The summed E-state index contributed by atoms with van der Waals surface area (Å²) in [6.45, 7) is 2.64. The Morgan fingerprint density at radius 3 is 2.12 bits per heavy atom. The minimum atomic E-state index is -4.37. The van der Waals surface area contributed by atoms with Gasteiger partial charge >= 0.3 is 6.18 Å². The van der Waals surface area contributed by atoms with Gasteiger partial charge in [0.25, 0.3) is 0 Å². The summed E-state index contributed by atoms with van der Waals surface area (Å²) in [5.41, 5.74) is -2.03. The summed E-state index contributed by atoms with van der Waals surface area (Å²) in [6, 6.07) is 0. The summed E-state index contributed by atoms with van der Waals surface area (Å²) in [4.78, 5) is 13.4. The molecule has 2 atom stereocenters. The van der Waals surface area contributed by atoms with Crippen molar-refractivity contribution in [2.24, 2.45) is 17.3 Å². The highest BCUT2D eigenvalue weighted by molar-refractivity contribution is 5.86. The number of fused-ring (bicyclic) bond motifs is 1. The van der Waals surface area contributed by atoms with Crippen LogP contribution in [0.1, 0.15) is 12.8 Å². The second-order valence-electron chi connectivity index (χ2n) is 5.47. The normalized spacial score (nSPS) is 34.9. The number of hydrogen-bond acceptors (Lipinski definition) is 2. The van der Waals surface area contributed by atoms with Crippen LogP contribution in [0.5, 0.6) is 0 Å². The molecule has 1 N–H and O–H groups in total. The number of carbonyl (C=O) groups is 1. The van der Waals surface area contributed by atoms with Crippen LogP contribution in [0.4, 0.5) is 13.2 Å². The molecule has 2 saturated heterocycles. The first kappa shape index (κ1) is 11.3. The molecule has 1 aliphatic carbocycles. The van der Waals surface area contributed by atoms with Crippen LogP contribution in [0.25, 0.3) is 0 Å². The van der Waals surface area contributed by atoms with E-state index < -0.39 is 17.5 Å². The van der Waals surface area contributed by atoms with Gasteiger partial charge in [0.1, 0.15) is 5.41 Å². The minimum Gasteiger partial charge on any atom is -0.341 e. The van der Waals surface area contributed by atoms with Gasteiger partial charge in [0.15, 0.2) is 0 Å². The summed E-state index contributed by atoms with van der Waals surface area (Å²) in [5.74, 6) is 0.0189. The fraction of sp³-hybridized carbons (Fsp3) is 0.909. The van der Waals surface area contributed by atoms with Crippen LogP contribution in [0.3, 0.4) is 0 Å². The predicted molar refractivity (Wildman–Crippen MR) is 54.2 cm³/mol. The third kappa shape index (κ3) is 1.57. The SMILES string of the molecule is O=C(N1CC2CNCC2C1)C1(C(F)(F)F)CC1. The topological polar surface area (TPSA) is 32.3 Å². The maximum atomic E-state index is 12.8. The van der Waals surface area contributed by atoms with E-state index in [2.05, 4.69) is 5.32 Å². The summed E-state index contributed by atoms with van der Waals surface area (Å²) in [7, 11) is 0. The van der Waals surface area contributed by atoms with Gasteiger partial charge in [0.05, 0.1) is 0 Å². The van der Waals surface area contributed by atoms with Crippen molar-refractivity contribution < 1.29 is 18.0 Å². The second-order valence-corrected chi connectivity index (χ2v) is 5.47. The van der Waals surface area contributed by atoms with Crippen LogP contribution in [0.2, 0.25) is 0 Å². The number of alkyl halides is 3. The van der Waals surface area contributed by atoms with Crippen LogP contribution in [-0.2, 0) is 4.79 Å². The molecule has 3 fully saturated rings. The molecule has 0 aromatic rings. The van der Waals surface area contributed by atoms with E-state index in [0.29, 0.717) is 24.9 Å². The quantitative estimate of drug-likeness (QED) is 0.751. The Morgan fingerprint density at radius 2 is 1.71 bits per heavy atom. The summed E-state index contributed by atoms with van der Waals surface area (Å²) in [6.07, 6.45) is -4.43. The molecular formula is C11H15F3N2O. The van der Waals surface area contributed by atoms with Gasteiger partial charge in [-0.05, 0) is 24.7 Å². The molecule has 0 spiro atoms. The van der Waals surface area contributed by atoms with Crippen molar-refractivity contribution >= 4 is 5.91 Å². The smallest absolute Gasteiger partial charge is 0.341 e. The van der Waals surface area contributed by atoms with Gasteiger partial charge in [-0.25, -0.2) is 0 Å². The zero-order chi connectivity index (χ0) is 12.3. The number of halogens is 3. The first-order valence-corrected chi connectivity index (χ1v) is 6.01. The summed E-state index contributed by atoms with van der Waals surface area (Å²) in [5, 5.41) is 3.21. The molecular weight excluding hydrogens is 233 g/mol. The summed E-state index contributed by atoms with van der Waals surface area (Å²) < 4.78 is 38.5. The highest BCUT2D eigenvalue weighted by Gasteiger charge is 2.69. The van der Waals surface area contributed by atoms with Crippen molar-refractivity contribution in [1.82, 2.24) is 10.2 Å². The number of likely N-dealkylation sites (tertiary alicyclic amines) is 1. The lowest BCUT2D eigenvalue weighted by molar-refractivity contribution is -0.198.